The normalized spacial score (nSPS) is 16.5. The van der Waals surface area contributed by atoms with Gasteiger partial charge in [-0.15, -0.1) is 0 Å². The SMILES string of the molecule is O=S(=O)(C(CCCCc1ccc(Cl)c(Cl)c1)NO)N1CCN(c2ccc(F)cc2)CC1. The van der Waals surface area contributed by atoms with Gasteiger partial charge < -0.3 is 10.1 Å². The monoisotopic (exact) mass is 489 g/mol. The van der Waals surface area contributed by atoms with Gasteiger partial charge in [0.15, 0.2) is 0 Å². The van der Waals surface area contributed by atoms with E-state index in [2.05, 4.69) is 0 Å². The van der Waals surface area contributed by atoms with Crippen molar-refractivity contribution in [2.75, 3.05) is 31.1 Å². The molecule has 0 aromatic heterocycles. The molecule has 2 aromatic carbocycles. The molecule has 2 N–H and O–H groups in total. The van der Waals surface area contributed by atoms with Crippen molar-refractivity contribution in [2.45, 2.75) is 31.1 Å². The van der Waals surface area contributed by atoms with Crippen LogP contribution >= 0.6 is 23.2 Å². The first-order valence-corrected chi connectivity index (χ1v) is 12.4. The zero-order valence-corrected chi connectivity index (χ0v) is 19.3. The minimum atomic E-state index is -3.70. The standard InChI is InChI=1S/C21H26Cl2FN3O3S/c22-19-10-5-16(15-20(19)23)3-1-2-4-21(25-28)31(29,30)27-13-11-26(12-14-27)18-8-6-17(24)7-9-18/h5-10,15,21,25,28H,1-4,11-14H2. The van der Waals surface area contributed by atoms with Crippen molar-refractivity contribution in [3.05, 3.63) is 63.9 Å². The summed E-state index contributed by atoms with van der Waals surface area (Å²) in [5, 5.41) is 9.44. The van der Waals surface area contributed by atoms with Gasteiger partial charge in [-0.25, -0.2) is 12.8 Å². The largest absolute Gasteiger partial charge is 0.369 e. The van der Waals surface area contributed by atoms with E-state index in [4.69, 9.17) is 23.2 Å². The highest BCUT2D eigenvalue weighted by Gasteiger charge is 2.33. The van der Waals surface area contributed by atoms with Crippen molar-refractivity contribution in [1.29, 1.82) is 0 Å². The van der Waals surface area contributed by atoms with Crippen LogP contribution < -0.4 is 10.4 Å². The lowest BCUT2D eigenvalue weighted by molar-refractivity contribution is 0.145. The minimum Gasteiger partial charge on any atom is -0.369 e. The predicted octanol–water partition coefficient (Wildman–Crippen LogP) is 4.30. The quantitative estimate of drug-likeness (QED) is 0.405. The molecule has 0 bridgehead atoms. The minimum absolute atomic E-state index is 0.290. The third-order valence-corrected chi connectivity index (χ3v) is 8.34. The first-order valence-electron chi connectivity index (χ1n) is 10.1. The Bertz CT molecular complexity index is 968. The van der Waals surface area contributed by atoms with Gasteiger partial charge in [0, 0.05) is 31.9 Å². The molecule has 1 fully saturated rings. The van der Waals surface area contributed by atoms with Gasteiger partial charge in [-0.05, 0) is 61.2 Å². The molecule has 1 aliphatic rings. The van der Waals surface area contributed by atoms with Crippen LogP contribution in [-0.2, 0) is 16.4 Å². The van der Waals surface area contributed by atoms with Crippen LogP contribution in [0.2, 0.25) is 10.0 Å². The topological polar surface area (TPSA) is 72.9 Å². The van der Waals surface area contributed by atoms with Crippen molar-refractivity contribution < 1.29 is 18.0 Å². The van der Waals surface area contributed by atoms with E-state index in [9.17, 15) is 18.0 Å². The summed E-state index contributed by atoms with van der Waals surface area (Å²) in [6.07, 6.45) is 2.40. The molecule has 3 rings (SSSR count). The zero-order valence-electron chi connectivity index (χ0n) is 17.0. The molecule has 170 valence electrons. The number of anilines is 1. The van der Waals surface area contributed by atoms with Crippen molar-refractivity contribution >= 4 is 38.9 Å². The number of aryl methyl sites for hydroxylation is 1. The lowest BCUT2D eigenvalue weighted by atomic mass is 10.1. The molecule has 1 aliphatic heterocycles. The molecule has 0 saturated carbocycles. The summed E-state index contributed by atoms with van der Waals surface area (Å²) < 4.78 is 40.4. The van der Waals surface area contributed by atoms with Crippen LogP contribution in [0.4, 0.5) is 10.1 Å². The van der Waals surface area contributed by atoms with Crippen LogP contribution in [0.15, 0.2) is 42.5 Å². The first kappa shape index (κ1) is 24.2. The molecule has 0 amide bonds. The average molecular weight is 490 g/mol. The summed E-state index contributed by atoms with van der Waals surface area (Å²) >= 11 is 11.9. The number of piperazine rings is 1. The van der Waals surface area contributed by atoms with Crippen LogP contribution in [0.25, 0.3) is 0 Å². The lowest BCUT2D eigenvalue weighted by Crippen LogP contribution is -2.53. The maximum absolute atomic E-state index is 13.1. The molecule has 1 heterocycles. The van der Waals surface area contributed by atoms with Gasteiger partial charge in [-0.3, -0.25) is 0 Å². The Balaban J connectivity index is 1.49. The lowest BCUT2D eigenvalue weighted by Gasteiger charge is -2.36. The Morgan fingerprint density at radius 1 is 1.00 bits per heavy atom. The van der Waals surface area contributed by atoms with Crippen molar-refractivity contribution in [2.24, 2.45) is 0 Å². The van der Waals surface area contributed by atoms with Crippen LogP contribution in [0.3, 0.4) is 0 Å². The average Bonchev–Trinajstić information content (AvgIpc) is 2.76. The van der Waals surface area contributed by atoms with E-state index < -0.39 is 15.4 Å². The zero-order chi connectivity index (χ0) is 22.4. The molecule has 0 aliphatic carbocycles. The fourth-order valence-corrected chi connectivity index (χ4v) is 5.62. The number of benzene rings is 2. The molecule has 0 radical (unpaired) electrons. The molecule has 31 heavy (non-hydrogen) atoms. The summed E-state index contributed by atoms with van der Waals surface area (Å²) in [5.41, 5.74) is 3.87. The highest BCUT2D eigenvalue weighted by atomic mass is 35.5. The fraction of sp³-hybridized carbons (Fsp3) is 0.429. The van der Waals surface area contributed by atoms with E-state index in [0.29, 0.717) is 49.1 Å². The fourth-order valence-electron chi connectivity index (χ4n) is 3.67. The van der Waals surface area contributed by atoms with Crippen LogP contribution in [-0.4, -0.2) is 49.5 Å². The molecular formula is C21H26Cl2FN3O3S. The Kier molecular flexibility index (Phi) is 8.55. The molecular weight excluding hydrogens is 464 g/mol. The number of nitrogens with one attached hydrogen (secondary N) is 1. The predicted molar refractivity (Wildman–Crippen MR) is 122 cm³/mol. The number of hydrogen-bond acceptors (Lipinski definition) is 5. The highest BCUT2D eigenvalue weighted by Crippen LogP contribution is 2.24. The number of unbranched alkanes of at least 4 members (excludes halogenated alkanes) is 1. The van der Waals surface area contributed by atoms with Gasteiger partial charge in [0.2, 0.25) is 10.0 Å². The molecule has 1 saturated heterocycles. The summed E-state index contributed by atoms with van der Waals surface area (Å²) in [7, 11) is -3.70. The molecule has 1 unspecified atom stereocenters. The van der Waals surface area contributed by atoms with Crippen LogP contribution in [0, 0.1) is 5.82 Å². The maximum Gasteiger partial charge on any atom is 0.232 e. The van der Waals surface area contributed by atoms with Gasteiger partial charge in [0.25, 0.3) is 0 Å². The number of nitrogens with zero attached hydrogens (tertiary/aromatic N) is 2. The Hall–Kier alpha value is -1.42. The van der Waals surface area contributed by atoms with Gasteiger partial charge in [0.1, 0.15) is 11.2 Å². The smallest absolute Gasteiger partial charge is 0.232 e. The molecule has 0 spiro atoms. The second-order valence-electron chi connectivity index (χ2n) is 7.52. The first-order chi connectivity index (χ1) is 14.8. The summed E-state index contributed by atoms with van der Waals surface area (Å²) in [5.74, 6) is -0.305. The summed E-state index contributed by atoms with van der Waals surface area (Å²) in [4.78, 5) is 2.02. The van der Waals surface area contributed by atoms with E-state index in [1.807, 2.05) is 22.5 Å². The van der Waals surface area contributed by atoms with Gasteiger partial charge in [-0.2, -0.15) is 9.79 Å². The summed E-state index contributed by atoms with van der Waals surface area (Å²) in [6.45, 7) is 1.61. The maximum atomic E-state index is 13.1. The van der Waals surface area contributed by atoms with Gasteiger partial charge in [0.05, 0.1) is 10.0 Å². The van der Waals surface area contributed by atoms with Crippen molar-refractivity contribution in [1.82, 2.24) is 9.79 Å². The van der Waals surface area contributed by atoms with Crippen molar-refractivity contribution in [3.8, 4) is 0 Å². The third-order valence-electron chi connectivity index (χ3n) is 5.46. The Morgan fingerprint density at radius 2 is 1.68 bits per heavy atom. The number of sulfonamides is 1. The second kappa shape index (κ2) is 10.9. The second-order valence-corrected chi connectivity index (χ2v) is 10.4. The third kappa shape index (κ3) is 6.31. The van der Waals surface area contributed by atoms with E-state index >= 15 is 0 Å². The number of hydrogen-bond donors (Lipinski definition) is 2. The summed E-state index contributed by atoms with van der Waals surface area (Å²) in [6, 6.07) is 11.6. The Labute approximate surface area is 192 Å². The van der Waals surface area contributed by atoms with Gasteiger partial charge in [-0.1, -0.05) is 35.7 Å². The highest BCUT2D eigenvalue weighted by molar-refractivity contribution is 7.89. The molecule has 10 heteroatoms. The molecule has 6 nitrogen and oxygen atoms in total. The van der Waals surface area contributed by atoms with E-state index in [1.54, 1.807) is 18.2 Å². The van der Waals surface area contributed by atoms with E-state index in [0.717, 1.165) is 24.1 Å². The van der Waals surface area contributed by atoms with Gasteiger partial charge >= 0.3 is 0 Å². The number of halogens is 3. The number of hydroxylamine groups is 1. The molecule has 2 aromatic rings. The van der Waals surface area contributed by atoms with Crippen LogP contribution in [0.1, 0.15) is 24.8 Å². The van der Waals surface area contributed by atoms with E-state index in [-0.39, 0.29) is 5.82 Å². The Morgan fingerprint density at radius 3 is 2.29 bits per heavy atom. The number of rotatable bonds is 9. The van der Waals surface area contributed by atoms with Crippen molar-refractivity contribution in [3.63, 3.8) is 0 Å². The molecule has 1 atom stereocenters. The van der Waals surface area contributed by atoms with E-state index in [1.165, 1.54) is 16.4 Å². The van der Waals surface area contributed by atoms with Crippen LogP contribution in [0.5, 0.6) is 0 Å².